The molecule has 1 amide bonds. The van der Waals surface area contributed by atoms with Gasteiger partial charge in [-0.15, -0.1) is 0 Å². The Kier molecular flexibility index (Phi) is 5.16. The number of rotatable bonds is 3. The van der Waals surface area contributed by atoms with Gasteiger partial charge in [0.15, 0.2) is 5.78 Å². The van der Waals surface area contributed by atoms with Crippen LogP contribution in [0.1, 0.15) is 59.3 Å². The second-order valence-corrected chi connectivity index (χ2v) is 6.08. The van der Waals surface area contributed by atoms with Crippen LogP contribution in [-0.2, 0) is 9.59 Å². The van der Waals surface area contributed by atoms with Crippen LogP contribution in [0.25, 0.3) is 0 Å². The zero-order chi connectivity index (χ0) is 12.9. The summed E-state index contributed by atoms with van der Waals surface area (Å²) in [5.41, 5.74) is -0.364. The molecule has 0 aromatic heterocycles. The van der Waals surface area contributed by atoms with Gasteiger partial charge in [0.05, 0.1) is 6.54 Å². The number of amides is 1. The van der Waals surface area contributed by atoms with Crippen molar-refractivity contribution in [3.05, 3.63) is 0 Å². The molecule has 1 saturated carbocycles. The Bertz CT molecular complexity index is 270. The lowest BCUT2D eigenvalue weighted by molar-refractivity contribution is -0.131. The first-order valence-electron chi connectivity index (χ1n) is 6.72. The molecule has 1 aliphatic rings. The van der Waals surface area contributed by atoms with E-state index < -0.39 is 0 Å². The van der Waals surface area contributed by atoms with Crippen LogP contribution in [0.4, 0.5) is 0 Å². The van der Waals surface area contributed by atoms with E-state index >= 15 is 0 Å². The van der Waals surface area contributed by atoms with Gasteiger partial charge in [0.2, 0.25) is 5.91 Å². The predicted octanol–water partition coefficient (Wildman–Crippen LogP) is 2.69. The second kappa shape index (κ2) is 6.18. The molecular formula is C14H25NO2. The molecular weight excluding hydrogens is 214 g/mol. The van der Waals surface area contributed by atoms with Crippen LogP contribution in [0.2, 0.25) is 0 Å². The predicted molar refractivity (Wildman–Crippen MR) is 68.7 cm³/mol. The van der Waals surface area contributed by atoms with Crippen LogP contribution in [-0.4, -0.2) is 18.2 Å². The number of hydrogen-bond donors (Lipinski definition) is 1. The molecule has 1 rings (SSSR count). The van der Waals surface area contributed by atoms with E-state index in [1.165, 1.54) is 12.8 Å². The molecule has 0 bridgehead atoms. The maximum Gasteiger partial charge on any atom is 0.223 e. The zero-order valence-electron chi connectivity index (χ0n) is 11.3. The summed E-state index contributed by atoms with van der Waals surface area (Å²) in [6.07, 6.45) is 6.73. The van der Waals surface area contributed by atoms with Gasteiger partial charge in [-0.1, -0.05) is 46.5 Å². The van der Waals surface area contributed by atoms with Crippen LogP contribution in [0.5, 0.6) is 0 Å². The van der Waals surface area contributed by atoms with Crippen LogP contribution < -0.4 is 5.32 Å². The molecule has 0 aromatic carbocycles. The van der Waals surface area contributed by atoms with Gasteiger partial charge in [0.1, 0.15) is 0 Å². The quantitative estimate of drug-likeness (QED) is 0.770. The minimum Gasteiger partial charge on any atom is -0.349 e. The lowest BCUT2D eigenvalue weighted by atomic mass is 9.90. The van der Waals surface area contributed by atoms with E-state index in [4.69, 9.17) is 0 Å². The van der Waals surface area contributed by atoms with Gasteiger partial charge < -0.3 is 5.32 Å². The van der Waals surface area contributed by atoms with Gasteiger partial charge in [-0.3, -0.25) is 9.59 Å². The maximum atomic E-state index is 11.9. The third-order valence-electron chi connectivity index (χ3n) is 3.49. The summed E-state index contributed by atoms with van der Waals surface area (Å²) in [5.74, 6) is 0.300. The smallest absolute Gasteiger partial charge is 0.223 e. The highest BCUT2D eigenvalue weighted by atomic mass is 16.2. The van der Waals surface area contributed by atoms with Crippen LogP contribution in [0.15, 0.2) is 0 Å². The summed E-state index contributed by atoms with van der Waals surface area (Å²) in [6.45, 7) is 5.83. The average molecular weight is 239 g/mol. The molecule has 17 heavy (non-hydrogen) atoms. The van der Waals surface area contributed by atoms with E-state index in [1.807, 2.05) is 20.8 Å². The Balaban J connectivity index is 2.36. The molecule has 1 N–H and O–H groups in total. The zero-order valence-corrected chi connectivity index (χ0v) is 11.3. The fourth-order valence-corrected chi connectivity index (χ4v) is 2.12. The number of hydrogen-bond acceptors (Lipinski definition) is 2. The molecule has 0 radical (unpaired) electrons. The molecule has 0 atom stereocenters. The highest BCUT2D eigenvalue weighted by molar-refractivity contribution is 5.89. The molecule has 0 aliphatic heterocycles. The lowest BCUT2D eigenvalue weighted by Crippen LogP contribution is -2.38. The average Bonchev–Trinajstić information content (AvgIpc) is 2.52. The summed E-state index contributed by atoms with van der Waals surface area (Å²) in [7, 11) is 0. The number of ketones is 1. The standard InChI is InChI=1S/C14H25NO2/c1-14(2,3)12(16)10-15-13(17)11-8-6-4-5-7-9-11/h11H,4-10H2,1-3H3,(H,15,17). The third kappa shape index (κ3) is 4.88. The number of Topliss-reactive ketones (excluding diaryl/α,β-unsaturated/α-hetero) is 1. The molecule has 0 spiro atoms. The Hall–Kier alpha value is -0.860. The van der Waals surface area contributed by atoms with Crippen LogP contribution >= 0.6 is 0 Å². The van der Waals surface area contributed by atoms with Crippen molar-refractivity contribution in [1.29, 1.82) is 0 Å². The minimum absolute atomic E-state index is 0.0736. The van der Waals surface area contributed by atoms with E-state index in [0.717, 1.165) is 25.7 Å². The Labute approximate surface area is 104 Å². The highest BCUT2D eigenvalue weighted by Crippen LogP contribution is 2.23. The van der Waals surface area contributed by atoms with Gasteiger partial charge >= 0.3 is 0 Å². The Morgan fingerprint density at radius 3 is 2.06 bits per heavy atom. The monoisotopic (exact) mass is 239 g/mol. The minimum atomic E-state index is -0.364. The molecule has 0 unspecified atom stereocenters. The van der Waals surface area contributed by atoms with Crippen LogP contribution in [0.3, 0.4) is 0 Å². The molecule has 0 heterocycles. The van der Waals surface area contributed by atoms with Gasteiger partial charge in [0, 0.05) is 11.3 Å². The Morgan fingerprint density at radius 1 is 1.06 bits per heavy atom. The van der Waals surface area contributed by atoms with Crippen molar-refractivity contribution < 1.29 is 9.59 Å². The van der Waals surface area contributed by atoms with E-state index in [-0.39, 0.29) is 29.6 Å². The summed E-state index contributed by atoms with van der Waals surface area (Å²) >= 11 is 0. The first-order valence-corrected chi connectivity index (χ1v) is 6.72. The molecule has 98 valence electrons. The fraction of sp³-hybridized carbons (Fsp3) is 0.857. The molecule has 1 aliphatic carbocycles. The molecule has 0 saturated heterocycles. The summed E-state index contributed by atoms with van der Waals surface area (Å²) < 4.78 is 0. The van der Waals surface area contributed by atoms with Gasteiger partial charge in [-0.25, -0.2) is 0 Å². The topological polar surface area (TPSA) is 46.2 Å². The molecule has 0 aromatic rings. The number of carbonyl (C=O) groups is 2. The third-order valence-corrected chi connectivity index (χ3v) is 3.49. The van der Waals surface area contributed by atoms with E-state index in [9.17, 15) is 9.59 Å². The maximum absolute atomic E-state index is 11.9. The fourth-order valence-electron chi connectivity index (χ4n) is 2.12. The summed E-state index contributed by atoms with van der Waals surface area (Å²) in [5, 5.41) is 2.80. The van der Waals surface area contributed by atoms with Crippen molar-refractivity contribution in [3.8, 4) is 0 Å². The van der Waals surface area contributed by atoms with Gasteiger partial charge in [-0.2, -0.15) is 0 Å². The van der Waals surface area contributed by atoms with Crippen molar-refractivity contribution in [1.82, 2.24) is 5.32 Å². The highest BCUT2D eigenvalue weighted by Gasteiger charge is 2.24. The molecule has 3 nitrogen and oxygen atoms in total. The van der Waals surface area contributed by atoms with Crippen molar-refractivity contribution in [3.63, 3.8) is 0 Å². The van der Waals surface area contributed by atoms with Crippen molar-refractivity contribution in [2.45, 2.75) is 59.3 Å². The Morgan fingerprint density at radius 2 is 1.59 bits per heavy atom. The largest absolute Gasteiger partial charge is 0.349 e. The molecule has 1 fully saturated rings. The molecule has 3 heteroatoms. The van der Waals surface area contributed by atoms with Gasteiger partial charge in [0.25, 0.3) is 0 Å². The normalized spacial score (nSPS) is 18.5. The van der Waals surface area contributed by atoms with E-state index in [2.05, 4.69) is 5.32 Å². The van der Waals surface area contributed by atoms with E-state index in [1.54, 1.807) is 0 Å². The first kappa shape index (κ1) is 14.2. The van der Waals surface area contributed by atoms with Crippen molar-refractivity contribution >= 4 is 11.7 Å². The first-order chi connectivity index (χ1) is 7.91. The number of nitrogens with one attached hydrogen (secondary N) is 1. The summed E-state index contributed by atoms with van der Waals surface area (Å²) in [4.78, 5) is 23.6. The van der Waals surface area contributed by atoms with Crippen molar-refractivity contribution in [2.75, 3.05) is 6.54 Å². The number of carbonyl (C=O) groups excluding carboxylic acids is 2. The summed E-state index contributed by atoms with van der Waals surface area (Å²) in [6, 6.07) is 0. The second-order valence-electron chi connectivity index (χ2n) is 6.08. The van der Waals surface area contributed by atoms with Crippen molar-refractivity contribution in [2.24, 2.45) is 11.3 Å². The van der Waals surface area contributed by atoms with E-state index in [0.29, 0.717) is 0 Å². The van der Waals surface area contributed by atoms with Gasteiger partial charge in [-0.05, 0) is 12.8 Å². The van der Waals surface area contributed by atoms with Crippen LogP contribution in [0, 0.1) is 11.3 Å². The lowest BCUT2D eigenvalue weighted by Gasteiger charge is -2.19. The SMILES string of the molecule is CC(C)(C)C(=O)CNC(=O)C1CCCCCC1.